The second kappa shape index (κ2) is 5.85. The molecule has 1 unspecified atom stereocenters. The number of aryl methyl sites for hydroxylation is 1. The number of nitrogens with two attached hydrogens (primary N) is 1. The molecule has 0 spiro atoms. The first-order valence-electron chi connectivity index (χ1n) is 5.22. The maximum absolute atomic E-state index is 6.15. The maximum atomic E-state index is 6.15. The summed E-state index contributed by atoms with van der Waals surface area (Å²) in [6.07, 6.45) is 0. The monoisotopic (exact) mass is 246 g/mol. The average Bonchev–Trinajstić information content (AvgIpc) is 2.49. The highest BCUT2D eigenvalue weighted by Crippen LogP contribution is 2.26. The highest BCUT2D eigenvalue weighted by Gasteiger charge is 2.12. The van der Waals surface area contributed by atoms with E-state index in [1.807, 2.05) is 6.92 Å². The summed E-state index contributed by atoms with van der Waals surface area (Å²) in [5, 5.41) is 6.43. The lowest BCUT2D eigenvalue weighted by molar-refractivity contribution is 0.406. The predicted octanol–water partition coefficient (Wildman–Crippen LogP) is 2.78. The molecular formula is C11H19ClN2S. The van der Waals surface area contributed by atoms with Crippen LogP contribution in [0.5, 0.6) is 0 Å². The van der Waals surface area contributed by atoms with E-state index >= 15 is 0 Å². The van der Waals surface area contributed by atoms with Gasteiger partial charge in [-0.1, -0.05) is 25.4 Å². The van der Waals surface area contributed by atoms with Gasteiger partial charge < -0.3 is 11.1 Å². The van der Waals surface area contributed by atoms with Gasteiger partial charge in [0.2, 0.25) is 0 Å². The number of hydrogen-bond acceptors (Lipinski definition) is 3. The molecule has 0 aliphatic carbocycles. The van der Waals surface area contributed by atoms with Crippen molar-refractivity contribution in [2.45, 2.75) is 33.4 Å². The summed E-state index contributed by atoms with van der Waals surface area (Å²) in [4.78, 5) is 1.20. The minimum Gasteiger partial charge on any atom is -0.329 e. The van der Waals surface area contributed by atoms with Crippen molar-refractivity contribution in [3.05, 3.63) is 20.8 Å². The van der Waals surface area contributed by atoms with Gasteiger partial charge in [0, 0.05) is 24.0 Å². The summed E-state index contributed by atoms with van der Waals surface area (Å²) in [6.45, 7) is 7.86. The quantitative estimate of drug-likeness (QED) is 0.839. The zero-order chi connectivity index (χ0) is 11.4. The third-order valence-corrected chi connectivity index (χ3v) is 4.30. The van der Waals surface area contributed by atoms with Crippen LogP contribution in [0.15, 0.2) is 5.38 Å². The predicted molar refractivity (Wildman–Crippen MR) is 68.6 cm³/mol. The van der Waals surface area contributed by atoms with E-state index in [1.54, 1.807) is 11.3 Å². The van der Waals surface area contributed by atoms with E-state index in [-0.39, 0.29) is 0 Å². The number of rotatable bonds is 5. The van der Waals surface area contributed by atoms with Crippen molar-refractivity contribution in [3.8, 4) is 0 Å². The van der Waals surface area contributed by atoms with E-state index in [0.29, 0.717) is 18.5 Å². The molecule has 0 fully saturated rings. The average molecular weight is 247 g/mol. The van der Waals surface area contributed by atoms with Crippen LogP contribution in [-0.2, 0) is 6.54 Å². The Morgan fingerprint density at radius 3 is 2.60 bits per heavy atom. The first kappa shape index (κ1) is 13.0. The van der Waals surface area contributed by atoms with Gasteiger partial charge in [0.15, 0.2) is 0 Å². The fourth-order valence-corrected chi connectivity index (χ4v) is 2.60. The Kier molecular flexibility index (Phi) is 5.06. The van der Waals surface area contributed by atoms with Crippen LogP contribution >= 0.6 is 22.9 Å². The van der Waals surface area contributed by atoms with Crippen LogP contribution in [0.4, 0.5) is 0 Å². The second-order valence-corrected chi connectivity index (χ2v) is 5.47. The van der Waals surface area contributed by atoms with Crippen LogP contribution < -0.4 is 11.1 Å². The van der Waals surface area contributed by atoms with E-state index in [9.17, 15) is 0 Å². The number of halogens is 1. The van der Waals surface area contributed by atoms with Crippen LogP contribution in [-0.4, -0.2) is 12.6 Å². The van der Waals surface area contributed by atoms with Crippen LogP contribution in [0.1, 0.15) is 24.3 Å². The van der Waals surface area contributed by atoms with Crippen LogP contribution in [0.25, 0.3) is 0 Å². The van der Waals surface area contributed by atoms with E-state index in [2.05, 4.69) is 24.5 Å². The highest BCUT2D eigenvalue weighted by atomic mass is 35.5. The molecule has 1 atom stereocenters. The second-order valence-electron chi connectivity index (χ2n) is 4.12. The standard InChI is InChI=1S/C11H19ClN2S/c1-7(2)9(4-13)14-5-10-11(12)8(3)6-15-10/h6-7,9,14H,4-5,13H2,1-3H3. The molecule has 86 valence electrons. The lowest BCUT2D eigenvalue weighted by Crippen LogP contribution is -2.39. The van der Waals surface area contributed by atoms with E-state index in [1.165, 1.54) is 4.88 Å². The van der Waals surface area contributed by atoms with Gasteiger partial charge in [-0.3, -0.25) is 0 Å². The fraction of sp³-hybridized carbons (Fsp3) is 0.636. The summed E-state index contributed by atoms with van der Waals surface area (Å²) in [5.41, 5.74) is 6.85. The van der Waals surface area contributed by atoms with E-state index in [4.69, 9.17) is 17.3 Å². The normalized spacial score (nSPS) is 13.5. The molecule has 4 heteroatoms. The SMILES string of the molecule is Cc1csc(CNC(CN)C(C)C)c1Cl. The molecule has 1 aromatic rings. The van der Waals surface area contributed by atoms with Crippen molar-refractivity contribution >= 4 is 22.9 Å². The molecule has 1 heterocycles. The van der Waals surface area contributed by atoms with E-state index in [0.717, 1.165) is 17.1 Å². The van der Waals surface area contributed by atoms with Gasteiger partial charge >= 0.3 is 0 Å². The van der Waals surface area contributed by atoms with Crippen LogP contribution in [0.2, 0.25) is 5.02 Å². The first-order chi connectivity index (χ1) is 7.06. The Balaban J connectivity index is 2.53. The lowest BCUT2D eigenvalue weighted by atomic mass is 10.1. The topological polar surface area (TPSA) is 38.0 Å². The Bertz CT molecular complexity index is 310. The third-order valence-electron chi connectivity index (χ3n) is 2.55. The number of thiophene rings is 1. The Morgan fingerprint density at radius 1 is 1.53 bits per heavy atom. The van der Waals surface area contributed by atoms with Gasteiger partial charge in [0.05, 0.1) is 5.02 Å². The third kappa shape index (κ3) is 3.45. The largest absolute Gasteiger partial charge is 0.329 e. The van der Waals surface area contributed by atoms with Gasteiger partial charge in [-0.15, -0.1) is 11.3 Å². The minimum absolute atomic E-state index is 0.364. The van der Waals surface area contributed by atoms with Crippen LogP contribution in [0.3, 0.4) is 0 Å². The zero-order valence-corrected chi connectivity index (χ0v) is 11.1. The zero-order valence-electron chi connectivity index (χ0n) is 9.51. The molecule has 0 saturated carbocycles. The summed E-state index contributed by atoms with van der Waals surface area (Å²) in [6, 6.07) is 0.364. The van der Waals surface area contributed by atoms with Gasteiger partial charge in [0.25, 0.3) is 0 Å². The summed E-state index contributed by atoms with van der Waals surface area (Å²) in [5.74, 6) is 0.551. The molecule has 0 saturated heterocycles. The molecule has 0 aromatic carbocycles. The lowest BCUT2D eigenvalue weighted by Gasteiger charge is -2.20. The van der Waals surface area contributed by atoms with E-state index < -0.39 is 0 Å². The Morgan fingerprint density at radius 2 is 2.20 bits per heavy atom. The van der Waals surface area contributed by atoms with Crippen molar-refractivity contribution in [1.29, 1.82) is 0 Å². The van der Waals surface area contributed by atoms with Gasteiger partial charge in [-0.25, -0.2) is 0 Å². The van der Waals surface area contributed by atoms with Crippen molar-refractivity contribution < 1.29 is 0 Å². The molecule has 0 amide bonds. The molecule has 0 radical (unpaired) electrons. The maximum Gasteiger partial charge on any atom is 0.0587 e. The Hall–Kier alpha value is -0.0900. The smallest absolute Gasteiger partial charge is 0.0587 e. The molecule has 3 N–H and O–H groups in total. The Labute approximate surface area is 101 Å². The van der Waals surface area contributed by atoms with Gasteiger partial charge in [0.1, 0.15) is 0 Å². The first-order valence-corrected chi connectivity index (χ1v) is 6.48. The van der Waals surface area contributed by atoms with Crippen molar-refractivity contribution in [3.63, 3.8) is 0 Å². The summed E-state index contributed by atoms with van der Waals surface area (Å²) >= 11 is 7.86. The van der Waals surface area contributed by atoms with Gasteiger partial charge in [-0.2, -0.15) is 0 Å². The summed E-state index contributed by atoms with van der Waals surface area (Å²) < 4.78 is 0. The number of hydrogen-bond donors (Lipinski definition) is 2. The molecule has 0 bridgehead atoms. The summed E-state index contributed by atoms with van der Waals surface area (Å²) in [7, 11) is 0. The fourth-order valence-electron chi connectivity index (χ4n) is 1.42. The van der Waals surface area contributed by atoms with Crippen molar-refractivity contribution in [2.24, 2.45) is 11.7 Å². The van der Waals surface area contributed by atoms with Gasteiger partial charge in [-0.05, 0) is 23.8 Å². The molecule has 0 aliphatic rings. The molecule has 1 rings (SSSR count). The highest BCUT2D eigenvalue weighted by molar-refractivity contribution is 7.10. The molecule has 0 aliphatic heterocycles. The van der Waals surface area contributed by atoms with Crippen molar-refractivity contribution in [1.82, 2.24) is 5.32 Å². The molecule has 2 nitrogen and oxygen atoms in total. The minimum atomic E-state index is 0.364. The molecule has 1 aromatic heterocycles. The van der Waals surface area contributed by atoms with Crippen molar-refractivity contribution in [2.75, 3.05) is 6.54 Å². The van der Waals surface area contributed by atoms with Crippen LogP contribution in [0, 0.1) is 12.8 Å². The number of nitrogens with one attached hydrogen (secondary N) is 1. The molecular weight excluding hydrogens is 228 g/mol. The molecule has 15 heavy (non-hydrogen) atoms.